The zero-order valence-corrected chi connectivity index (χ0v) is 20.9. The minimum atomic E-state index is -1.16. The minimum absolute atomic E-state index is 0.00813. The summed E-state index contributed by atoms with van der Waals surface area (Å²) in [4.78, 5) is 19.9. The highest BCUT2D eigenvalue weighted by Gasteiger charge is 2.35. The molecule has 1 aromatic carbocycles. The van der Waals surface area contributed by atoms with E-state index in [0.717, 1.165) is 38.0 Å². The summed E-state index contributed by atoms with van der Waals surface area (Å²) in [5.74, 6) is 0.452. The van der Waals surface area contributed by atoms with E-state index in [-0.39, 0.29) is 23.0 Å². The normalized spacial score (nSPS) is 19.6. The highest BCUT2D eigenvalue weighted by atomic mass is 35.5. The Morgan fingerprint density at radius 3 is 2.79 bits per heavy atom. The zero-order chi connectivity index (χ0) is 25.0. The highest BCUT2D eigenvalue weighted by molar-refractivity contribution is 6.30. The van der Waals surface area contributed by atoms with Crippen LogP contribution in [0.15, 0.2) is 30.5 Å². The number of benzene rings is 1. The smallest absolute Gasteiger partial charge is 0.263 e. The number of carbonyl (C=O) groups excluding carboxylic acids is 1. The number of anilines is 1. The fourth-order valence-electron chi connectivity index (χ4n) is 4.25. The van der Waals surface area contributed by atoms with Gasteiger partial charge in [-0.3, -0.25) is 4.79 Å². The van der Waals surface area contributed by atoms with Crippen molar-refractivity contribution >= 4 is 23.3 Å². The van der Waals surface area contributed by atoms with Gasteiger partial charge >= 0.3 is 0 Å². The largest absolute Gasteiger partial charge is 0.478 e. The lowest BCUT2D eigenvalue weighted by molar-refractivity contribution is -0.135. The van der Waals surface area contributed by atoms with E-state index < -0.39 is 17.6 Å². The van der Waals surface area contributed by atoms with Crippen molar-refractivity contribution in [3.05, 3.63) is 52.4 Å². The molecule has 0 saturated carbocycles. The van der Waals surface area contributed by atoms with Crippen LogP contribution in [-0.4, -0.2) is 40.2 Å². The van der Waals surface area contributed by atoms with Crippen LogP contribution < -0.4 is 20.7 Å². The first kappa shape index (κ1) is 26.2. The number of ether oxygens (including phenoxy) is 1. The van der Waals surface area contributed by atoms with Gasteiger partial charge in [0.2, 0.25) is 0 Å². The van der Waals surface area contributed by atoms with Gasteiger partial charge in [0.25, 0.3) is 5.91 Å². The Labute approximate surface area is 205 Å². The van der Waals surface area contributed by atoms with Crippen molar-refractivity contribution in [1.29, 1.82) is 0 Å². The van der Waals surface area contributed by atoms with Crippen molar-refractivity contribution in [1.82, 2.24) is 10.3 Å². The van der Waals surface area contributed by atoms with E-state index in [4.69, 9.17) is 22.1 Å². The molecule has 1 saturated heterocycles. The van der Waals surface area contributed by atoms with E-state index in [1.54, 1.807) is 33.0 Å². The molecule has 3 unspecified atom stereocenters. The molecule has 34 heavy (non-hydrogen) atoms. The number of pyridine rings is 1. The van der Waals surface area contributed by atoms with E-state index in [1.165, 1.54) is 12.1 Å². The summed E-state index contributed by atoms with van der Waals surface area (Å²) in [6.45, 7) is 7.96. The lowest BCUT2D eigenvalue weighted by Crippen LogP contribution is -2.55. The van der Waals surface area contributed by atoms with Crippen LogP contribution in [0.4, 0.5) is 10.2 Å². The van der Waals surface area contributed by atoms with Gasteiger partial charge in [-0.1, -0.05) is 24.9 Å². The number of carbonyl (C=O) groups is 1. The Hall–Kier alpha value is -2.42. The molecular weight excluding hydrogens is 459 g/mol. The predicted octanol–water partition coefficient (Wildman–Crippen LogP) is 4.24. The first-order valence-electron chi connectivity index (χ1n) is 11.6. The van der Waals surface area contributed by atoms with Crippen LogP contribution >= 0.6 is 11.6 Å². The molecular formula is C25H34ClFN4O3. The Morgan fingerprint density at radius 2 is 2.18 bits per heavy atom. The highest BCUT2D eigenvalue weighted by Crippen LogP contribution is 2.30. The average Bonchev–Trinajstić information content (AvgIpc) is 2.78. The molecule has 186 valence electrons. The van der Waals surface area contributed by atoms with Gasteiger partial charge in [-0.05, 0) is 63.8 Å². The van der Waals surface area contributed by atoms with Crippen LogP contribution in [0.3, 0.4) is 0 Å². The van der Waals surface area contributed by atoms with Crippen LogP contribution in [0.1, 0.15) is 63.8 Å². The van der Waals surface area contributed by atoms with E-state index in [9.17, 15) is 14.3 Å². The molecule has 0 radical (unpaired) electrons. The molecule has 1 aliphatic heterocycles. The van der Waals surface area contributed by atoms with Gasteiger partial charge < -0.3 is 25.8 Å². The molecule has 1 amide bonds. The standard InChI is InChI=1S/C25H34ClFN4O3/c1-5-6-18-12-17(9-10-31(18)22-8-7-16(14-29-22)23(28)32)30-24(33)25(3,4)34-21-13-19(26)20(27)11-15(21)2/h7-8,11,13-14,17-18,23,32H,5-6,9-10,12,28H2,1-4H3,(H,30,33). The maximum Gasteiger partial charge on any atom is 0.263 e. The minimum Gasteiger partial charge on any atom is -0.478 e. The van der Waals surface area contributed by atoms with Crippen molar-refractivity contribution in [2.45, 2.75) is 77.3 Å². The fourth-order valence-corrected chi connectivity index (χ4v) is 4.41. The molecule has 0 spiro atoms. The molecule has 3 atom stereocenters. The number of rotatable bonds is 8. The number of nitrogens with one attached hydrogen (secondary N) is 1. The Kier molecular flexibility index (Phi) is 8.38. The second-order valence-corrected chi connectivity index (χ2v) is 9.78. The first-order valence-corrected chi connectivity index (χ1v) is 12.0. The molecule has 4 N–H and O–H groups in total. The van der Waals surface area contributed by atoms with Crippen LogP contribution in [0.2, 0.25) is 5.02 Å². The van der Waals surface area contributed by atoms with Gasteiger partial charge in [-0.25, -0.2) is 9.37 Å². The molecule has 1 aromatic heterocycles. The molecule has 0 bridgehead atoms. The van der Waals surface area contributed by atoms with Crippen molar-refractivity contribution in [3.63, 3.8) is 0 Å². The molecule has 1 aliphatic rings. The van der Waals surface area contributed by atoms with Crippen molar-refractivity contribution in [3.8, 4) is 5.75 Å². The number of aromatic nitrogens is 1. The molecule has 7 nitrogen and oxygen atoms in total. The van der Waals surface area contributed by atoms with E-state index in [1.807, 2.05) is 6.07 Å². The van der Waals surface area contributed by atoms with Crippen LogP contribution in [0, 0.1) is 12.7 Å². The maximum atomic E-state index is 13.7. The number of halogens is 2. The molecule has 2 aromatic rings. The van der Waals surface area contributed by atoms with Crippen molar-refractivity contribution in [2.75, 3.05) is 11.4 Å². The number of aryl methyl sites for hydroxylation is 1. The number of aliphatic hydroxyl groups excluding tert-OH is 1. The predicted molar refractivity (Wildman–Crippen MR) is 131 cm³/mol. The lowest BCUT2D eigenvalue weighted by Gasteiger charge is -2.41. The van der Waals surface area contributed by atoms with Crippen LogP contribution in [-0.2, 0) is 4.79 Å². The second-order valence-electron chi connectivity index (χ2n) is 9.37. The summed E-state index contributed by atoms with van der Waals surface area (Å²) in [5, 5.41) is 12.6. The van der Waals surface area contributed by atoms with E-state index >= 15 is 0 Å². The summed E-state index contributed by atoms with van der Waals surface area (Å²) < 4.78 is 19.6. The molecule has 3 rings (SSSR count). The Bertz CT molecular complexity index is 1000. The molecule has 1 fully saturated rings. The summed E-state index contributed by atoms with van der Waals surface area (Å²) >= 11 is 5.90. The Balaban J connectivity index is 1.66. The summed E-state index contributed by atoms with van der Waals surface area (Å²) in [7, 11) is 0. The number of nitrogens with zero attached hydrogens (tertiary/aromatic N) is 2. The van der Waals surface area contributed by atoms with Crippen LogP contribution in [0.25, 0.3) is 0 Å². The third-order valence-electron chi connectivity index (χ3n) is 6.21. The van der Waals surface area contributed by atoms with Gasteiger partial charge in [0.1, 0.15) is 23.6 Å². The summed E-state index contributed by atoms with van der Waals surface area (Å²) in [5.41, 5.74) is 5.49. The van der Waals surface area contributed by atoms with Crippen LogP contribution in [0.5, 0.6) is 5.75 Å². The van der Waals surface area contributed by atoms with Crippen molar-refractivity contribution < 1.29 is 19.0 Å². The number of hydrogen-bond acceptors (Lipinski definition) is 6. The molecule has 0 aliphatic carbocycles. The van der Waals surface area contributed by atoms with Gasteiger partial charge in [0.15, 0.2) is 5.60 Å². The lowest BCUT2D eigenvalue weighted by atomic mass is 9.93. The van der Waals surface area contributed by atoms with E-state index in [2.05, 4.69) is 22.1 Å². The number of nitrogens with two attached hydrogens (primary N) is 1. The summed E-state index contributed by atoms with van der Waals surface area (Å²) in [6.07, 6.45) is 4.05. The fraction of sp³-hybridized carbons (Fsp3) is 0.520. The number of hydrogen-bond donors (Lipinski definition) is 3. The van der Waals surface area contributed by atoms with Gasteiger partial charge in [0.05, 0.1) is 5.02 Å². The van der Waals surface area contributed by atoms with Gasteiger partial charge in [0, 0.05) is 36.5 Å². The topological polar surface area (TPSA) is 101 Å². The zero-order valence-electron chi connectivity index (χ0n) is 20.1. The first-order chi connectivity index (χ1) is 16.0. The third-order valence-corrected chi connectivity index (χ3v) is 6.50. The molecule has 2 heterocycles. The monoisotopic (exact) mass is 492 g/mol. The Morgan fingerprint density at radius 1 is 1.44 bits per heavy atom. The third kappa shape index (κ3) is 6.17. The van der Waals surface area contributed by atoms with E-state index in [0.29, 0.717) is 16.9 Å². The van der Waals surface area contributed by atoms with Crippen molar-refractivity contribution in [2.24, 2.45) is 5.73 Å². The quantitative estimate of drug-likeness (QED) is 0.476. The second kappa shape index (κ2) is 10.9. The molecule has 9 heteroatoms. The number of piperidine rings is 1. The average molecular weight is 493 g/mol. The van der Waals surface area contributed by atoms with Gasteiger partial charge in [-0.15, -0.1) is 0 Å². The van der Waals surface area contributed by atoms with Gasteiger partial charge in [-0.2, -0.15) is 0 Å². The SMILES string of the molecule is CCCC1CC(NC(=O)C(C)(C)Oc2cc(Cl)c(F)cc2C)CCN1c1ccc(C(N)O)cn1. The number of amides is 1. The maximum absolute atomic E-state index is 13.7. The summed E-state index contributed by atoms with van der Waals surface area (Å²) in [6, 6.07) is 6.57. The number of aliphatic hydroxyl groups is 1.